The number of benzene rings is 1. The molecule has 0 aromatic heterocycles. The number of hydrogen-bond donors (Lipinski definition) is 1. The van der Waals surface area contributed by atoms with Crippen LogP contribution in [-0.2, 0) is 0 Å². The second kappa shape index (κ2) is 6.56. The maximum Gasteiger partial charge on any atom is 0.0323 e. The topological polar surface area (TPSA) is 26.0 Å². The number of nitrogens with two attached hydrogens (primary N) is 1. The molecule has 1 aliphatic rings. The van der Waals surface area contributed by atoms with Crippen molar-refractivity contribution in [1.29, 1.82) is 0 Å². The van der Waals surface area contributed by atoms with Gasteiger partial charge >= 0.3 is 0 Å². The van der Waals surface area contributed by atoms with E-state index < -0.39 is 0 Å². The van der Waals surface area contributed by atoms with Gasteiger partial charge in [0, 0.05) is 6.04 Å². The molecule has 2 N–H and O–H groups in total. The van der Waals surface area contributed by atoms with Gasteiger partial charge in [0.15, 0.2) is 0 Å². The Bertz CT molecular complexity index is 382. The first-order valence-corrected chi connectivity index (χ1v) is 7.94. The predicted molar refractivity (Wildman–Crippen MR) is 83.2 cm³/mol. The van der Waals surface area contributed by atoms with Crippen LogP contribution in [0.25, 0.3) is 0 Å². The SMILES string of the molecule is CCCC1CCC(C(N)c2cc(C)cc(C)c2)CC1. The van der Waals surface area contributed by atoms with Crippen molar-refractivity contribution in [3.05, 3.63) is 34.9 Å². The van der Waals surface area contributed by atoms with Crippen molar-refractivity contribution in [3.8, 4) is 0 Å². The van der Waals surface area contributed by atoms with Gasteiger partial charge in [-0.05, 0) is 44.1 Å². The van der Waals surface area contributed by atoms with Crippen molar-refractivity contribution in [1.82, 2.24) is 0 Å². The van der Waals surface area contributed by atoms with E-state index in [2.05, 4.69) is 39.0 Å². The molecule has 0 amide bonds. The van der Waals surface area contributed by atoms with Crippen LogP contribution in [0.1, 0.15) is 68.2 Å². The van der Waals surface area contributed by atoms with Gasteiger partial charge in [-0.2, -0.15) is 0 Å². The van der Waals surface area contributed by atoms with Gasteiger partial charge in [0.2, 0.25) is 0 Å². The third-order valence-electron chi connectivity index (χ3n) is 4.73. The van der Waals surface area contributed by atoms with E-state index in [1.54, 1.807) is 0 Å². The lowest BCUT2D eigenvalue weighted by molar-refractivity contribution is 0.234. The summed E-state index contributed by atoms with van der Waals surface area (Å²) in [6.07, 6.45) is 8.15. The Labute approximate surface area is 118 Å². The molecule has 1 heteroatoms. The molecule has 0 bridgehead atoms. The maximum atomic E-state index is 6.53. The Morgan fingerprint density at radius 2 is 1.63 bits per heavy atom. The van der Waals surface area contributed by atoms with Crippen LogP contribution in [0.3, 0.4) is 0 Å². The summed E-state index contributed by atoms with van der Waals surface area (Å²) in [5.41, 5.74) is 10.5. The third kappa shape index (κ3) is 3.82. The molecule has 106 valence electrons. The van der Waals surface area contributed by atoms with Crippen LogP contribution in [0, 0.1) is 25.7 Å². The summed E-state index contributed by atoms with van der Waals surface area (Å²) in [6, 6.07) is 7.01. The van der Waals surface area contributed by atoms with Gasteiger partial charge in [-0.25, -0.2) is 0 Å². The Balaban J connectivity index is 1.98. The third-order valence-corrected chi connectivity index (χ3v) is 4.73. The molecule has 0 spiro atoms. The number of hydrogen-bond acceptors (Lipinski definition) is 1. The van der Waals surface area contributed by atoms with Gasteiger partial charge in [-0.1, -0.05) is 61.9 Å². The summed E-state index contributed by atoms with van der Waals surface area (Å²) in [5.74, 6) is 1.65. The van der Waals surface area contributed by atoms with Crippen LogP contribution in [0.2, 0.25) is 0 Å². The summed E-state index contributed by atoms with van der Waals surface area (Å²) in [5, 5.41) is 0. The minimum absolute atomic E-state index is 0.237. The fourth-order valence-corrected chi connectivity index (χ4v) is 3.72. The first-order chi connectivity index (χ1) is 9.10. The van der Waals surface area contributed by atoms with Gasteiger partial charge in [0.25, 0.3) is 0 Å². The highest BCUT2D eigenvalue weighted by molar-refractivity contribution is 5.30. The molecule has 0 heterocycles. The van der Waals surface area contributed by atoms with Crippen molar-refractivity contribution in [2.24, 2.45) is 17.6 Å². The second-order valence-corrected chi connectivity index (χ2v) is 6.52. The van der Waals surface area contributed by atoms with Crippen LogP contribution >= 0.6 is 0 Å². The monoisotopic (exact) mass is 259 g/mol. The van der Waals surface area contributed by atoms with Gasteiger partial charge in [-0.3, -0.25) is 0 Å². The minimum atomic E-state index is 0.237. The fourth-order valence-electron chi connectivity index (χ4n) is 3.72. The molecule has 1 aromatic carbocycles. The highest BCUT2D eigenvalue weighted by Gasteiger charge is 2.26. The first-order valence-electron chi connectivity index (χ1n) is 7.94. The first kappa shape index (κ1) is 14.6. The standard InChI is InChI=1S/C18H29N/c1-4-5-15-6-8-16(9-7-15)18(19)17-11-13(2)10-14(3)12-17/h10-12,15-16,18H,4-9,19H2,1-3H3. The van der Waals surface area contributed by atoms with Gasteiger partial charge in [-0.15, -0.1) is 0 Å². The number of rotatable bonds is 4. The largest absolute Gasteiger partial charge is 0.324 e. The minimum Gasteiger partial charge on any atom is -0.324 e. The summed E-state index contributed by atoms with van der Waals surface area (Å²) >= 11 is 0. The molecule has 1 atom stereocenters. The maximum absolute atomic E-state index is 6.53. The Kier molecular flexibility index (Phi) is 5.04. The zero-order valence-electron chi connectivity index (χ0n) is 12.8. The molecule has 0 radical (unpaired) electrons. The van der Waals surface area contributed by atoms with Crippen molar-refractivity contribution in [3.63, 3.8) is 0 Å². The van der Waals surface area contributed by atoms with E-state index in [1.807, 2.05) is 0 Å². The van der Waals surface area contributed by atoms with Crippen LogP contribution in [-0.4, -0.2) is 0 Å². The average molecular weight is 259 g/mol. The molecule has 1 aliphatic carbocycles. The molecule has 1 saturated carbocycles. The van der Waals surface area contributed by atoms with Gasteiger partial charge in [0.05, 0.1) is 0 Å². The van der Waals surface area contributed by atoms with E-state index in [-0.39, 0.29) is 6.04 Å². The average Bonchev–Trinajstić information content (AvgIpc) is 2.38. The van der Waals surface area contributed by atoms with Crippen LogP contribution in [0.4, 0.5) is 0 Å². The molecular weight excluding hydrogens is 230 g/mol. The highest BCUT2D eigenvalue weighted by atomic mass is 14.7. The second-order valence-electron chi connectivity index (χ2n) is 6.52. The molecule has 19 heavy (non-hydrogen) atoms. The van der Waals surface area contributed by atoms with Crippen molar-refractivity contribution in [2.45, 2.75) is 65.3 Å². The lowest BCUT2D eigenvalue weighted by Gasteiger charge is -2.32. The van der Waals surface area contributed by atoms with Crippen LogP contribution < -0.4 is 5.73 Å². The van der Waals surface area contributed by atoms with E-state index in [0.29, 0.717) is 5.92 Å². The summed E-state index contributed by atoms with van der Waals surface area (Å²) in [7, 11) is 0. The molecule has 1 aromatic rings. The Hall–Kier alpha value is -0.820. The van der Waals surface area contributed by atoms with Crippen LogP contribution in [0.15, 0.2) is 18.2 Å². The summed E-state index contributed by atoms with van der Waals surface area (Å²) < 4.78 is 0. The Morgan fingerprint density at radius 3 is 2.16 bits per heavy atom. The van der Waals surface area contributed by atoms with E-state index in [1.165, 1.54) is 55.2 Å². The quantitative estimate of drug-likeness (QED) is 0.817. The predicted octanol–water partition coefficient (Wildman–Crippen LogP) is 4.91. The van der Waals surface area contributed by atoms with Crippen molar-refractivity contribution >= 4 is 0 Å². The molecular formula is C18H29N. The summed E-state index contributed by atoms with van der Waals surface area (Å²) in [4.78, 5) is 0. The normalized spacial score (nSPS) is 25.3. The Morgan fingerprint density at radius 1 is 1.05 bits per heavy atom. The molecule has 1 unspecified atom stereocenters. The van der Waals surface area contributed by atoms with Crippen molar-refractivity contribution in [2.75, 3.05) is 0 Å². The zero-order valence-corrected chi connectivity index (χ0v) is 12.8. The highest BCUT2D eigenvalue weighted by Crippen LogP contribution is 2.37. The van der Waals surface area contributed by atoms with E-state index in [0.717, 1.165) is 5.92 Å². The van der Waals surface area contributed by atoms with E-state index in [4.69, 9.17) is 5.73 Å². The smallest absolute Gasteiger partial charge is 0.0323 e. The lowest BCUT2D eigenvalue weighted by atomic mass is 9.75. The molecule has 2 rings (SSSR count). The van der Waals surface area contributed by atoms with Gasteiger partial charge in [0.1, 0.15) is 0 Å². The fraction of sp³-hybridized carbons (Fsp3) is 0.667. The molecule has 0 aliphatic heterocycles. The molecule has 1 nitrogen and oxygen atoms in total. The van der Waals surface area contributed by atoms with Crippen molar-refractivity contribution < 1.29 is 0 Å². The zero-order chi connectivity index (χ0) is 13.8. The molecule has 0 saturated heterocycles. The van der Waals surface area contributed by atoms with E-state index in [9.17, 15) is 0 Å². The lowest BCUT2D eigenvalue weighted by Crippen LogP contribution is -2.26. The van der Waals surface area contributed by atoms with E-state index >= 15 is 0 Å². The summed E-state index contributed by atoms with van der Waals surface area (Å²) in [6.45, 7) is 6.64. The van der Waals surface area contributed by atoms with Gasteiger partial charge < -0.3 is 5.73 Å². The van der Waals surface area contributed by atoms with Crippen LogP contribution in [0.5, 0.6) is 0 Å². The number of aryl methyl sites for hydroxylation is 2. The molecule has 1 fully saturated rings.